The molecule has 0 aliphatic rings. The third-order valence-corrected chi connectivity index (χ3v) is 4.98. The lowest BCUT2D eigenvalue weighted by Crippen LogP contribution is -2.48. The Balaban J connectivity index is 0.00000450. The predicted molar refractivity (Wildman–Crippen MR) is 121 cm³/mol. The van der Waals surface area contributed by atoms with Gasteiger partial charge >= 0.3 is 0 Å². The molecular weight excluding hydrogens is 404 g/mol. The average molecular weight is 437 g/mol. The van der Waals surface area contributed by atoms with Crippen LogP contribution in [0.4, 0.5) is 0 Å². The van der Waals surface area contributed by atoms with Crippen LogP contribution in [0.3, 0.4) is 0 Å². The molecular formula is C23H33ClN2O4. The van der Waals surface area contributed by atoms with Crippen LogP contribution in [0.2, 0.25) is 0 Å². The Morgan fingerprint density at radius 1 is 1.07 bits per heavy atom. The van der Waals surface area contributed by atoms with E-state index in [1.54, 1.807) is 0 Å². The Bertz CT molecular complexity index is 737. The summed E-state index contributed by atoms with van der Waals surface area (Å²) in [5.41, 5.74) is 5.71. The molecule has 2 rings (SSSR count). The molecule has 4 N–H and O–H groups in total. The normalized spacial score (nSPS) is 12.0. The number of halogens is 1. The van der Waals surface area contributed by atoms with Gasteiger partial charge in [0.2, 0.25) is 0 Å². The van der Waals surface area contributed by atoms with Crippen molar-refractivity contribution in [3.63, 3.8) is 0 Å². The van der Waals surface area contributed by atoms with E-state index >= 15 is 0 Å². The van der Waals surface area contributed by atoms with Gasteiger partial charge in [0.15, 0.2) is 5.60 Å². The number of amides is 1. The molecule has 0 spiro atoms. The van der Waals surface area contributed by atoms with Gasteiger partial charge in [0, 0.05) is 6.54 Å². The molecule has 0 heterocycles. The molecule has 7 heteroatoms. The molecule has 0 bridgehead atoms. The van der Waals surface area contributed by atoms with Gasteiger partial charge in [-0.1, -0.05) is 44.2 Å². The number of ether oxygens (including phenoxy) is 2. The first kappa shape index (κ1) is 25.8. The van der Waals surface area contributed by atoms with E-state index in [0.29, 0.717) is 25.1 Å². The maximum atomic E-state index is 11.8. The minimum Gasteiger partial charge on any atom is -0.491 e. The number of benzene rings is 2. The molecule has 2 aromatic rings. The minimum absolute atomic E-state index is 0. The second-order valence-electron chi connectivity index (χ2n) is 7.04. The second-order valence-corrected chi connectivity index (χ2v) is 7.04. The SMILES string of the molecule is CCC(CC)(Oc1ccc(CCNCC(O)COc2ccccc2)cc1)C(N)=O.Cl. The molecule has 1 amide bonds. The molecule has 2 aromatic carbocycles. The van der Waals surface area contributed by atoms with E-state index < -0.39 is 17.6 Å². The van der Waals surface area contributed by atoms with Gasteiger partial charge in [-0.25, -0.2) is 0 Å². The van der Waals surface area contributed by atoms with Crippen LogP contribution in [0.5, 0.6) is 11.5 Å². The molecule has 0 aliphatic heterocycles. The Morgan fingerprint density at radius 2 is 1.70 bits per heavy atom. The monoisotopic (exact) mass is 436 g/mol. The first-order valence-electron chi connectivity index (χ1n) is 10.1. The summed E-state index contributed by atoms with van der Waals surface area (Å²) in [6.07, 6.45) is 1.30. The molecule has 166 valence electrons. The number of para-hydroxylation sites is 1. The number of aliphatic hydroxyl groups excluding tert-OH is 1. The number of primary amides is 1. The molecule has 0 saturated heterocycles. The van der Waals surface area contributed by atoms with E-state index in [-0.39, 0.29) is 19.0 Å². The number of aliphatic hydroxyl groups is 1. The first-order chi connectivity index (χ1) is 14.0. The van der Waals surface area contributed by atoms with Gasteiger partial charge in [-0.3, -0.25) is 4.79 Å². The summed E-state index contributed by atoms with van der Waals surface area (Å²) >= 11 is 0. The smallest absolute Gasteiger partial charge is 0.261 e. The first-order valence-corrected chi connectivity index (χ1v) is 10.1. The molecule has 0 fully saturated rings. The van der Waals surface area contributed by atoms with E-state index in [9.17, 15) is 9.90 Å². The Hall–Kier alpha value is -2.28. The zero-order valence-electron chi connectivity index (χ0n) is 17.7. The molecule has 0 saturated carbocycles. The van der Waals surface area contributed by atoms with Crippen LogP contribution < -0.4 is 20.5 Å². The number of rotatable bonds is 13. The summed E-state index contributed by atoms with van der Waals surface area (Å²) in [6, 6.07) is 17.1. The van der Waals surface area contributed by atoms with Crippen molar-refractivity contribution >= 4 is 18.3 Å². The van der Waals surface area contributed by atoms with Gasteiger partial charge in [-0.15, -0.1) is 12.4 Å². The maximum absolute atomic E-state index is 11.8. The topological polar surface area (TPSA) is 93.8 Å². The standard InChI is InChI=1S/C23H32N2O4.ClH/c1-3-23(4-2,22(24)27)29-21-12-10-18(11-13-21)14-15-25-16-19(26)17-28-20-8-6-5-7-9-20;/h5-13,19,25-26H,3-4,14-17H2,1-2H3,(H2,24,27);1H. The van der Waals surface area contributed by atoms with Crippen LogP contribution in [0.1, 0.15) is 32.3 Å². The highest BCUT2D eigenvalue weighted by atomic mass is 35.5. The molecule has 0 aliphatic carbocycles. The van der Waals surface area contributed by atoms with Crippen molar-refractivity contribution in [3.05, 3.63) is 60.2 Å². The van der Waals surface area contributed by atoms with Gasteiger partial charge in [0.05, 0.1) is 0 Å². The number of nitrogens with one attached hydrogen (secondary N) is 1. The van der Waals surface area contributed by atoms with Crippen LogP contribution in [-0.2, 0) is 11.2 Å². The molecule has 1 atom stereocenters. The molecule has 0 radical (unpaired) electrons. The third kappa shape index (κ3) is 7.86. The van der Waals surface area contributed by atoms with Crippen LogP contribution in [0.25, 0.3) is 0 Å². The fraction of sp³-hybridized carbons (Fsp3) is 0.435. The second kappa shape index (κ2) is 13.1. The summed E-state index contributed by atoms with van der Waals surface area (Å²) in [5, 5.41) is 13.2. The summed E-state index contributed by atoms with van der Waals surface area (Å²) in [7, 11) is 0. The lowest BCUT2D eigenvalue weighted by molar-refractivity contribution is -0.134. The zero-order chi connectivity index (χ0) is 21.1. The lowest BCUT2D eigenvalue weighted by Gasteiger charge is -2.29. The predicted octanol–water partition coefficient (Wildman–Crippen LogP) is 3.10. The Morgan fingerprint density at radius 3 is 2.27 bits per heavy atom. The molecule has 1 unspecified atom stereocenters. The van der Waals surface area contributed by atoms with Crippen molar-refractivity contribution in [2.75, 3.05) is 19.7 Å². The van der Waals surface area contributed by atoms with Gasteiger partial charge < -0.3 is 25.6 Å². The van der Waals surface area contributed by atoms with Crippen molar-refractivity contribution in [2.24, 2.45) is 5.73 Å². The number of carbonyl (C=O) groups excluding carboxylic acids is 1. The highest BCUT2D eigenvalue weighted by Gasteiger charge is 2.35. The van der Waals surface area contributed by atoms with Gasteiger partial charge in [-0.05, 0) is 55.6 Å². The molecule has 0 aromatic heterocycles. The zero-order valence-corrected chi connectivity index (χ0v) is 18.5. The minimum atomic E-state index is -0.957. The quantitative estimate of drug-likeness (QED) is 0.419. The highest BCUT2D eigenvalue weighted by Crippen LogP contribution is 2.25. The van der Waals surface area contributed by atoms with E-state index in [4.69, 9.17) is 15.2 Å². The van der Waals surface area contributed by atoms with E-state index in [0.717, 1.165) is 24.3 Å². The largest absolute Gasteiger partial charge is 0.491 e. The van der Waals surface area contributed by atoms with Crippen molar-refractivity contribution in [3.8, 4) is 11.5 Å². The van der Waals surface area contributed by atoms with E-state index in [1.165, 1.54) is 0 Å². The van der Waals surface area contributed by atoms with Crippen molar-refractivity contribution < 1.29 is 19.4 Å². The number of hydrogen-bond donors (Lipinski definition) is 3. The van der Waals surface area contributed by atoms with Crippen LogP contribution >= 0.6 is 12.4 Å². The summed E-state index contributed by atoms with van der Waals surface area (Å²) in [5.74, 6) is 0.948. The van der Waals surface area contributed by atoms with Crippen molar-refractivity contribution in [1.29, 1.82) is 0 Å². The summed E-state index contributed by atoms with van der Waals surface area (Å²) < 4.78 is 11.4. The summed E-state index contributed by atoms with van der Waals surface area (Å²) in [6.45, 7) is 5.24. The Kier molecular flexibility index (Phi) is 11.3. The Labute approximate surface area is 185 Å². The summed E-state index contributed by atoms with van der Waals surface area (Å²) in [4.78, 5) is 11.8. The van der Waals surface area contributed by atoms with Crippen LogP contribution in [0, 0.1) is 0 Å². The van der Waals surface area contributed by atoms with Gasteiger partial charge in [-0.2, -0.15) is 0 Å². The number of hydrogen-bond acceptors (Lipinski definition) is 5. The van der Waals surface area contributed by atoms with Gasteiger partial charge in [0.1, 0.15) is 24.2 Å². The average Bonchev–Trinajstić information content (AvgIpc) is 2.75. The van der Waals surface area contributed by atoms with Crippen molar-refractivity contribution in [1.82, 2.24) is 5.32 Å². The fourth-order valence-electron chi connectivity index (χ4n) is 3.01. The van der Waals surface area contributed by atoms with E-state index in [1.807, 2.05) is 68.4 Å². The van der Waals surface area contributed by atoms with E-state index in [2.05, 4.69) is 5.32 Å². The van der Waals surface area contributed by atoms with Gasteiger partial charge in [0.25, 0.3) is 5.91 Å². The number of carbonyl (C=O) groups is 1. The van der Waals surface area contributed by atoms with Crippen molar-refractivity contribution in [2.45, 2.75) is 44.8 Å². The maximum Gasteiger partial charge on any atom is 0.261 e. The number of nitrogens with two attached hydrogens (primary N) is 1. The fourth-order valence-corrected chi connectivity index (χ4v) is 3.01. The highest BCUT2D eigenvalue weighted by molar-refractivity contribution is 5.85. The third-order valence-electron chi connectivity index (χ3n) is 4.98. The van der Waals surface area contributed by atoms with Crippen LogP contribution in [0.15, 0.2) is 54.6 Å². The molecule has 30 heavy (non-hydrogen) atoms. The van der Waals surface area contributed by atoms with Crippen LogP contribution in [-0.4, -0.2) is 42.4 Å². The lowest BCUT2D eigenvalue weighted by atomic mass is 9.96. The molecule has 6 nitrogen and oxygen atoms in total.